The van der Waals surface area contributed by atoms with Crippen molar-refractivity contribution in [1.82, 2.24) is 24.6 Å². The molecule has 2 N–H and O–H groups in total. The number of aromatic nitrogens is 4. The number of hydrogen-bond acceptors (Lipinski definition) is 5. The number of carbonyl (C=O) groups excluding carboxylic acids is 2. The van der Waals surface area contributed by atoms with Gasteiger partial charge in [0.1, 0.15) is 0 Å². The third-order valence-corrected chi connectivity index (χ3v) is 4.43. The molecule has 0 spiro atoms. The third-order valence-electron chi connectivity index (χ3n) is 4.43. The Morgan fingerprint density at radius 3 is 2.68 bits per heavy atom. The van der Waals surface area contributed by atoms with Gasteiger partial charge in [-0.1, -0.05) is 0 Å². The number of nitrogens with two attached hydrogens (primary N) is 1. The minimum absolute atomic E-state index is 0.0392. The molecule has 3 aromatic rings. The number of rotatable bonds is 3. The minimum atomic E-state index is -0.505. The van der Waals surface area contributed by atoms with Gasteiger partial charge in [-0.05, 0) is 24.6 Å². The van der Waals surface area contributed by atoms with Crippen LogP contribution in [0.1, 0.15) is 33.2 Å². The maximum absolute atomic E-state index is 12.8. The fraction of sp³-hybridized carbons (Fsp3) is 0.235. The fourth-order valence-electron chi connectivity index (χ4n) is 3.09. The van der Waals surface area contributed by atoms with E-state index in [9.17, 15) is 9.59 Å². The zero-order valence-electron chi connectivity index (χ0n) is 13.4. The molecule has 1 aliphatic heterocycles. The first-order valence-corrected chi connectivity index (χ1v) is 7.96. The first kappa shape index (κ1) is 15.3. The third kappa shape index (κ3) is 2.82. The second-order valence-corrected chi connectivity index (χ2v) is 6.03. The van der Waals surface area contributed by atoms with Crippen molar-refractivity contribution in [3.8, 4) is 0 Å². The van der Waals surface area contributed by atoms with Crippen molar-refractivity contribution < 1.29 is 9.59 Å². The molecule has 0 aliphatic carbocycles. The van der Waals surface area contributed by atoms with Gasteiger partial charge in [-0.2, -0.15) is 5.10 Å². The molecule has 1 atom stereocenters. The van der Waals surface area contributed by atoms with E-state index in [-0.39, 0.29) is 11.9 Å². The summed E-state index contributed by atoms with van der Waals surface area (Å²) in [4.78, 5) is 34.2. The van der Waals surface area contributed by atoms with Crippen LogP contribution in [0.15, 0.2) is 43.0 Å². The summed E-state index contributed by atoms with van der Waals surface area (Å²) in [5, 5.41) is 4.19. The van der Waals surface area contributed by atoms with E-state index in [1.807, 2.05) is 0 Å². The number of amides is 2. The van der Waals surface area contributed by atoms with Gasteiger partial charge >= 0.3 is 0 Å². The Morgan fingerprint density at radius 2 is 1.92 bits per heavy atom. The number of hydrogen-bond donors (Lipinski definition) is 1. The predicted octanol–water partition coefficient (Wildman–Crippen LogP) is 1.01. The second kappa shape index (κ2) is 5.97. The zero-order chi connectivity index (χ0) is 17.4. The Bertz CT molecular complexity index is 966. The van der Waals surface area contributed by atoms with Crippen LogP contribution in [-0.2, 0) is 0 Å². The number of fused-ring (bicyclic) bond motifs is 1. The first-order valence-electron chi connectivity index (χ1n) is 7.96. The molecule has 0 radical (unpaired) electrons. The summed E-state index contributed by atoms with van der Waals surface area (Å²) < 4.78 is 1.71. The van der Waals surface area contributed by atoms with E-state index in [0.717, 1.165) is 11.9 Å². The van der Waals surface area contributed by atoms with Crippen molar-refractivity contribution >= 4 is 22.8 Å². The number of benzene rings is 1. The summed E-state index contributed by atoms with van der Waals surface area (Å²) in [7, 11) is 0. The lowest BCUT2D eigenvalue weighted by molar-refractivity contribution is 0.0787. The average Bonchev–Trinajstić information content (AvgIpc) is 3.30. The van der Waals surface area contributed by atoms with Gasteiger partial charge in [0.2, 0.25) is 0 Å². The average molecular weight is 336 g/mol. The van der Waals surface area contributed by atoms with Crippen LogP contribution in [0.5, 0.6) is 0 Å². The van der Waals surface area contributed by atoms with Gasteiger partial charge in [0, 0.05) is 37.2 Å². The van der Waals surface area contributed by atoms with E-state index >= 15 is 0 Å². The van der Waals surface area contributed by atoms with Gasteiger partial charge in [-0.25, -0.2) is 0 Å². The monoisotopic (exact) mass is 336 g/mol. The lowest BCUT2D eigenvalue weighted by Crippen LogP contribution is -2.29. The van der Waals surface area contributed by atoms with Crippen molar-refractivity contribution in [3.63, 3.8) is 0 Å². The molecule has 25 heavy (non-hydrogen) atoms. The molecule has 1 saturated heterocycles. The summed E-state index contributed by atoms with van der Waals surface area (Å²) in [5.74, 6) is -0.549. The Kier molecular flexibility index (Phi) is 3.64. The molecule has 0 bridgehead atoms. The van der Waals surface area contributed by atoms with Crippen molar-refractivity contribution in [2.45, 2.75) is 12.5 Å². The molecule has 126 valence electrons. The molecule has 1 aromatic carbocycles. The second-order valence-electron chi connectivity index (χ2n) is 6.03. The molecular formula is C17H16N6O2. The van der Waals surface area contributed by atoms with E-state index in [0.29, 0.717) is 29.7 Å². The molecule has 8 heteroatoms. The molecule has 2 aromatic heterocycles. The highest BCUT2D eigenvalue weighted by molar-refractivity contribution is 5.97. The quantitative estimate of drug-likeness (QED) is 0.768. The summed E-state index contributed by atoms with van der Waals surface area (Å²) in [6.07, 6.45) is 7.09. The van der Waals surface area contributed by atoms with Gasteiger partial charge in [0.25, 0.3) is 11.8 Å². The number of carbonyl (C=O) groups is 2. The molecule has 0 saturated carbocycles. The predicted molar refractivity (Wildman–Crippen MR) is 89.8 cm³/mol. The highest BCUT2D eigenvalue weighted by Gasteiger charge is 2.29. The van der Waals surface area contributed by atoms with Crippen LogP contribution < -0.4 is 5.73 Å². The molecule has 1 aliphatic rings. The van der Waals surface area contributed by atoms with Gasteiger partial charge in [-0.15, -0.1) is 0 Å². The number of nitrogens with zero attached hydrogens (tertiary/aromatic N) is 5. The van der Waals surface area contributed by atoms with E-state index in [1.54, 1.807) is 46.4 Å². The zero-order valence-corrected chi connectivity index (χ0v) is 13.4. The fourth-order valence-corrected chi connectivity index (χ4v) is 3.09. The van der Waals surface area contributed by atoms with E-state index in [1.165, 1.54) is 6.20 Å². The smallest absolute Gasteiger partial charge is 0.254 e. The van der Waals surface area contributed by atoms with Gasteiger partial charge < -0.3 is 10.6 Å². The van der Waals surface area contributed by atoms with Crippen molar-refractivity contribution in [3.05, 3.63) is 54.1 Å². The molecule has 1 fully saturated rings. The van der Waals surface area contributed by atoms with Crippen molar-refractivity contribution in [2.24, 2.45) is 5.73 Å². The molecule has 1 unspecified atom stereocenters. The van der Waals surface area contributed by atoms with E-state index in [4.69, 9.17) is 5.73 Å². The summed E-state index contributed by atoms with van der Waals surface area (Å²) in [5.41, 5.74) is 7.67. The summed E-state index contributed by atoms with van der Waals surface area (Å²) in [6, 6.07) is 5.37. The van der Waals surface area contributed by atoms with Crippen LogP contribution in [0.2, 0.25) is 0 Å². The first-order chi connectivity index (χ1) is 12.1. The largest absolute Gasteiger partial charge is 0.366 e. The van der Waals surface area contributed by atoms with Crippen LogP contribution in [-0.4, -0.2) is 49.6 Å². The molecular weight excluding hydrogens is 320 g/mol. The van der Waals surface area contributed by atoms with Crippen LogP contribution in [0.3, 0.4) is 0 Å². The highest BCUT2D eigenvalue weighted by Crippen LogP contribution is 2.23. The standard InChI is InChI=1S/C17H16N6O2/c18-16(24)12-8-21-23(9-12)13-3-6-22(10-13)17(25)11-1-2-14-15(7-11)20-5-4-19-14/h1-2,4-5,7-9,13H,3,6,10H2,(H2,18,24). The lowest BCUT2D eigenvalue weighted by Gasteiger charge is -2.17. The molecule has 2 amide bonds. The van der Waals surface area contributed by atoms with Crippen molar-refractivity contribution in [1.29, 1.82) is 0 Å². The van der Waals surface area contributed by atoms with Crippen molar-refractivity contribution in [2.75, 3.05) is 13.1 Å². The summed E-state index contributed by atoms with van der Waals surface area (Å²) in [6.45, 7) is 1.17. The lowest BCUT2D eigenvalue weighted by atomic mass is 10.1. The molecule has 8 nitrogen and oxygen atoms in total. The van der Waals surface area contributed by atoms with Gasteiger partial charge in [0.05, 0.1) is 28.8 Å². The highest BCUT2D eigenvalue weighted by atomic mass is 16.2. The Labute approximate surface area is 143 Å². The Balaban J connectivity index is 1.51. The minimum Gasteiger partial charge on any atom is -0.366 e. The van der Waals surface area contributed by atoms with Gasteiger partial charge in [-0.3, -0.25) is 24.2 Å². The molecule has 4 rings (SSSR count). The van der Waals surface area contributed by atoms with E-state index in [2.05, 4.69) is 15.1 Å². The Morgan fingerprint density at radius 1 is 1.12 bits per heavy atom. The maximum Gasteiger partial charge on any atom is 0.254 e. The van der Waals surface area contributed by atoms with Crippen LogP contribution in [0.25, 0.3) is 11.0 Å². The number of likely N-dealkylation sites (tertiary alicyclic amines) is 1. The van der Waals surface area contributed by atoms with Crippen LogP contribution in [0, 0.1) is 0 Å². The van der Waals surface area contributed by atoms with Gasteiger partial charge in [0.15, 0.2) is 0 Å². The summed E-state index contributed by atoms with van der Waals surface area (Å²) >= 11 is 0. The molecule has 3 heterocycles. The Hall–Kier alpha value is -3.29. The van der Waals surface area contributed by atoms with E-state index < -0.39 is 5.91 Å². The maximum atomic E-state index is 12.8. The topological polar surface area (TPSA) is 107 Å². The normalized spacial score (nSPS) is 17.1. The number of primary amides is 1. The van der Waals surface area contributed by atoms with Crippen LogP contribution in [0.4, 0.5) is 0 Å². The SMILES string of the molecule is NC(=O)c1cnn(C2CCN(C(=O)c3ccc4nccnc4c3)C2)c1. The van der Waals surface area contributed by atoms with Crippen LogP contribution >= 0.6 is 0 Å².